The molecule has 4 nitrogen and oxygen atoms in total. The van der Waals surface area contributed by atoms with Crippen molar-refractivity contribution < 1.29 is 8.42 Å². The smallest absolute Gasteiger partial charge is 0.263 e. The molecule has 18 heavy (non-hydrogen) atoms. The number of thiophene rings is 1. The third-order valence-electron chi connectivity index (χ3n) is 2.10. The summed E-state index contributed by atoms with van der Waals surface area (Å²) >= 11 is 6.77. The highest BCUT2D eigenvalue weighted by molar-refractivity contribution is 14.1. The van der Waals surface area contributed by atoms with Gasteiger partial charge >= 0.3 is 0 Å². The first-order valence-electron chi connectivity index (χ1n) is 4.79. The summed E-state index contributed by atoms with van der Waals surface area (Å²) in [6, 6.07) is 5.02. The van der Waals surface area contributed by atoms with Crippen molar-refractivity contribution in [2.75, 3.05) is 4.72 Å². The zero-order chi connectivity index (χ0) is 13.3. The van der Waals surface area contributed by atoms with Gasteiger partial charge in [-0.2, -0.15) is 0 Å². The topological polar surface area (TPSA) is 59.1 Å². The summed E-state index contributed by atoms with van der Waals surface area (Å²) in [6.07, 6.45) is 1.61. The van der Waals surface area contributed by atoms with Gasteiger partial charge < -0.3 is 0 Å². The highest BCUT2D eigenvalue weighted by Crippen LogP contribution is 2.30. The minimum atomic E-state index is -3.57. The standard InChI is InChI=1S/C10H8BrIN2O2S2/c1-6-8(4-9(11)17-6)18(15,16)14-10-3-2-7(12)5-13-10/h2-5H,1H3,(H,13,14). The van der Waals surface area contributed by atoms with Gasteiger partial charge in [0.25, 0.3) is 10.0 Å². The van der Waals surface area contributed by atoms with E-state index in [9.17, 15) is 8.42 Å². The summed E-state index contributed by atoms with van der Waals surface area (Å²) in [5.41, 5.74) is 0. The number of nitrogens with one attached hydrogen (secondary N) is 1. The van der Waals surface area contributed by atoms with E-state index < -0.39 is 10.0 Å². The minimum absolute atomic E-state index is 0.278. The average Bonchev–Trinajstić information content (AvgIpc) is 2.62. The van der Waals surface area contributed by atoms with Gasteiger partial charge in [-0.15, -0.1) is 11.3 Å². The van der Waals surface area contributed by atoms with E-state index in [1.165, 1.54) is 11.3 Å². The first-order chi connectivity index (χ1) is 8.38. The molecule has 96 valence electrons. The van der Waals surface area contributed by atoms with Crippen molar-refractivity contribution in [1.29, 1.82) is 0 Å². The first kappa shape index (κ1) is 14.2. The van der Waals surface area contributed by atoms with E-state index in [4.69, 9.17) is 0 Å². The fraction of sp³-hybridized carbons (Fsp3) is 0.100. The van der Waals surface area contributed by atoms with Crippen LogP contribution in [0.2, 0.25) is 0 Å². The van der Waals surface area contributed by atoms with Gasteiger partial charge in [0.15, 0.2) is 0 Å². The molecule has 0 atom stereocenters. The van der Waals surface area contributed by atoms with Crippen LogP contribution in [0.3, 0.4) is 0 Å². The Morgan fingerprint density at radius 3 is 2.67 bits per heavy atom. The number of anilines is 1. The maximum Gasteiger partial charge on any atom is 0.264 e. The fourth-order valence-corrected chi connectivity index (χ4v) is 5.07. The molecule has 0 fully saturated rings. The normalized spacial score (nSPS) is 11.5. The van der Waals surface area contributed by atoms with Crippen molar-refractivity contribution in [3.63, 3.8) is 0 Å². The van der Waals surface area contributed by atoms with Crippen LogP contribution in [0.25, 0.3) is 0 Å². The molecule has 0 saturated carbocycles. The van der Waals surface area contributed by atoms with Gasteiger partial charge in [0.2, 0.25) is 0 Å². The Kier molecular flexibility index (Phi) is 4.29. The lowest BCUT2D eigenvalue weighted by Crippen LogP contribution is -2.14. The second-order valence-corrected chi connectivity index (χ2v) is 8.97. The largest absolute Gasteiger partial charge is 0.264 e. The Bertz CT molecular complexity index is 668. The van der Waals surface area contributed by atoms with Crippen molar-refractivity contribution in [3.05, 3.63) is 36.6 Å². The lowest BCUT2D eigenvalue weighted by molar-refractivity contribution is 0.601. The quantitative estimate of drug-likeness (QED) is 0.714. The lowest BCUT2D eigenvalue weighted by atomic mass is 10.5. The maximum atomic E-state index is 12.2. The van der Waals surface area contributed by atoms with Crippen LogP contribution >= 0.6 is 49.9 Å². The second-order valence-electron chi connectivity index (χ2n) is 3.44. The molecule has 0 aliphatic heterocycles. The zero-order valence-corrected chi connectivity index (χ0v) is 14.5. The van der Waals surface area contributed by atoms with E-state index in [-0.39, 0.29) is 4.90 Å². The summed E-state index contributed by atoms with van der Waals surface area (Å²) in [6.45, 7) is 1.77. The number of hydrogen-bond acceptors (Lipinski definition) is 4. The molecule has 0 saturated heterocycles. The number of pyridine rings is 1. The average molecular weight is 459 g/mol. The Labute approximate surface area is 131 Å². The monoisotopic (exact) mass is 458 g/mol. The molecule has 1 N–H and O–H groups in total. The van der Waals surface area contributed by atoms with Crippen molar-refractivity contribution in [3.8, 4) is 0 Å². The molecule has 0 spiro atoms. The van der Waals surface area contributed by atoms with Gasteiger partial charge in [0, 0.05) is 14.6 Å². The molecule has 2 aromatic heterocycles. The van der Waals surface area contributed by atoms with Crippen LogP contribution in [0.5, 0.6) is 0 Å². The molecule has 2 aromatic rings. The molecular formula is C10H8BrIN2O2S2. The van der Waals surface area contributed by atoms with E-state index in [1.54, 1.807) is 31.3 Å². The Morgan fingerprint density at radius 2 is 2.17 bits per heavy atom. The predicted molar refractivity (Wildman–Crippen MR) is 84.5 cm³/mol. The highest BCUT2D eigenvalue weighted by Gasteiger charge is 2.19. The van der Waals surface area contributed by atoms with Crippen LogP contribution < -0.4 is 4.72 Å². The summed E-state index contributed by atoms with van der Waals surface area (Å²) in [7, 11) is -3.57. The van der Waals surface area contributed by atoms with Crippen LogP contribution in [-0.4, -0.2) is 13.4 Å². The Morgan fingerprint density at radius 1 is 1.44 bits per heavy atom. The lowest BCUT2D eigenvalue weighted by Gasteiger charge is -2.06. The SMILES string of the molecule is Cc1sc(Br)cc1S(=O)(=O)Nc1ccc(I)cn1. The van der Waals surface area contributed by atoms with E-state index in [0.717, 1.165) is 12.2 Å². The minimum Gasteiger partial charge on any atom is -0.263 e. The molecule has 0 bridgehead atoms. The summed E-state index contributed by atoms with van der Waals surface area (Å²) in [5, 5.41) is 0. The number of rotatable bonds is 3. The van der Waals surface area contributed by atoms with E-state index in [2.05, 4.69) is 48.2 Å². The molecule has 0 aliphatic carbocycles. The number of sulfonamides is 1. The van der Waals surface area contributed by atoms with Crippen molar-refractivity contribution in [2.45, 2.75) is 11.8 Å². The van der Waals surface area contributed by atoms with Gasteiger partial charge in [-0.3, -0.25) is 4.72 Å². The van der Waals surface area contributed by atoms with Crippen molar-refractivity contribution >= 4 is 65.7 Å². The number of hydrogen-bond donors (Lipinski definition) is 1. The van der Waals surface area contributed by atoms with E-state index >= 15 is 0 Å². The van der Waals surface area contributed by atoms with Crippen LogP contribution in [0.4, 0.5) is 5.82 Å². The van der Waals surface area contributed by atoms with E-state index in [1.807, 2.05) is 0 Å². The van der Waals surface area contributed by atoms with Gasteiger partial charge in [-0.25, -0.2) is 13.4 Å². The molecule has 8 heteroatoms. The summed E-state index contributed by atoms with van der Waals surface area (Å²) in [5.74, 6) is 0.317. The highest BCUT2D eigenvalue weighted by atomic mass is 127. The number of aryl methyl sites for hydroxylation is 1. The molecular weight excluding hydrogens is 451 g/mol. The van der Waals surface area contributed by atoms with Gasteiger partial charge in [0.1, 0.15) is 10.7 Å². The van der Waals surface area contributed by atoms with E-state index in [0.29, 0.717) is 5.82 Å². The third-order valence-corrected chi connectivity index (χ3v) is 5.90. The third kappa shape index (κ3) is 3.22. The van der Waals surface area contributed by atoms with Crippen LogP contribution in [0.15, 0.2) is 33.1 Å². The predicted octanol–water partition coefficient (Wildman–Crippen LogP) is 3.62. The Hall–Kier alpha value is -0.190. The van der Waals surface area contributed by atoms with Crippen LogP contribution in [0, 0.1) is 10.5 Å². The fourth-order valence-electron chi connectivity index (χ4n) is 1.33. The van der Waals surface area contributed by atoms with Gasteiger partial charge in [-0.05, 0) is 63.6 Å². The van der Waals surface area contributed by atoms with Crippen molar-refractivity contribution in [1.82, 2.24) is 4.98 Å². The van der Waals surface area contributed by atoms with Crippen LogP contribution in [0.1, 0.15) is 4.88 Å². The summed E-state index contributed by atoms with van der Waals surface area (Å²) in [4.78, 5) is 5.03. The first-order valence-corrected chi connectivity index (χ1v) is 8.96. The van der Waals surface area contributed by atoms with Gasteiger partial charge in [0.05, 0.1) is 3.79 Å². The molecule has 0 aliphatic rings. The molecule has 2 rings (SSSR count). The molecule has 0 radical (unpaired) electrons. The number of aromatic nitrogens is 1. The second kappa shape index (κ2) is 5.43. The number of halogens is 2. The zero-order valence-electron chi connectivity index (χ0n) is 9.15. The molecule has 2 heterocycles. The molecule has 0 aromatic carbocycles. The van der Waals surface area contributed by atoms with Crippen molar-refractivity contribution in [2.24, 2.45) is 0 Å². The summed E-state index contributed by atoms with van der Waals surface area (Å²) < 4.78 is 28.5. The Balaban J connectivity index is 2.33. The van der Waals surface area contributed by atoms with Gasteiger partial charge in [-0.1, -0.05) is 0 Å². The number of nitrogens with zero attached hydrogens (tertiary/aromatic N) is 1. The van der Waals surface area contributed by atoms with Crippen LogP contribution in [-0.2, 0) is 10.0 Å². The molecule has 0 unspecified atom stereocenters. The molecule has 0 amide bonds. The maximum absolute atomic E-state index is 12.2.